The molecule has 0 bridgehead atoms. The Hall–Kier alpha value is -3.34. The molecule has 0 aliphatic carbocycles. The van der Waals surface area contributed by atoms with E-state index in [9.17, 15) is 24.7 Å². The van der Waals surface area contributed by atoms with Gasteiger partial charge >= 0.3 is 19.2 Å². The highest BCUT2D eigenvalue weighted by Crippen LogP contribution is 2.21. The minimum absolute atomic E-state index is 0.0169. The van der Waals surface area contributed by atoms with Crippen LogP contribution in [0.4, 0.5) is 4.79 Å². The zero-order chi connectivity index (χ0) is 21.2. The standard InChI is InChI=1S/C19H20BNO8/c1-2-17(22)27-11-10-21-19(24)29-15-8-6-13(7-9-15)18(23)28-16-5-3-4-14(12-16)20(25)26/h2-9,12,18,23,25-26H,1,10-11H2,(H,21,24)/t18-/m0/s1. The number of carbonyl (C=O) groups is 2. The van der Waals surface area contributed by atoms with Gasteiger partial charge in [0.05, 0.1) is 6.54 Å². The summed E-state index contributed by atoms with van der Waals surface area (Å²) in [5.74, 6) is -0.109. The molecule has 10 heteroatoms. The highest BCUT2D eigenvalue weighted by Gasteiger charge is 2.14. The number of rotatable bonds is 9. The molecule has 2 rings (SSSR count). The van der Waals surface area contributed by atoms with E-state index in [0.29, 0.717) is 5.56 Å². The summed E-state index contributed by atoms with van der Waals surface area (Å²) in [5, 5.41) is 30.9. The molecule has 0 spiro atoms. The van der Waals surface area contributed by atoms with Crippen molar-refractivity contribution in [2.45, 2.75) is 6.29 Å². The molecule has 4 N–H and O–H groups in total. The van der Waals surface area contributed by atoms with E-state index in [1.54, 1.807) is 12.1 Å². The van der Waals surface area contributed by atoms with E-state index in [-0.39, 0.29) is 30.1 Å². The molecular formula is C19H20BNO8. The third kappa shape index (κ3) is 7.30. The van der Waals surface area contributed by atoms with Gasteiger partial charge in [0.2, 0.25) is 6.29 Å². The molecule has 0 aromatic heterocycles. The lowest BCUT2D eigenvalue weighted by Crippen LogP contribution is -2.30. The summed E-state index contributed by atoms with van der Waals surface area (Å²) in [6.07, 6.45) is -1.03. The summed E-state index contributed by atoms with van der Waals surface area (Å²) in [5.41, 5.74) is 0.618. The molecule has 1 amide bonds. The van der Waals surface area contributed by atoms with E-state index in [1.807, 2.05) is 0 Å². The lowest BCUT2D eigenvalue weighted by Gasteiger charge is -2.15. The summed E-state index contributed by atoms with van der Waals surface area (Å²) in [7, 11) is -1.65. The van der Waals surface area contributed by atoms with Crippen LogP contribution in [0.1, 0.15) is 11.9 Å². The van der Waals surface area contributed by atoms with Gasteiger partial charge in [0.1, 0.15) is 18.1 Å². The molecule has 29 heavy (non-hydrogen) atoms. The lowest BCUT2D eigenvalue weighted by atomic mass is 9.80. The summed E-state index contributed by atoms with van der Waals surface area (Å²) >= 11 is 0. The van der Waals surface area contributed by atoms with Crippen LogP contribution < -0.4 is 20.3 Å². The molecule has 0 heterocycles. The third-order valence-electron chi connectivity index (χ3n) is 3.56. The van der Waals surface area contributed by atoms with Crippen molar-refractivity contribution in [3.8, 4) is 11.5 Å². The van der Waals surface area contributed by atoms with E-state index in [4.69, 9.17) is 14.2 Å². The van der Waals surface area contributed by atoms with Crippen molar-refractivity contribution in [1.82, 2.24) is 5.32 Å². The molecule has 0 unspecified atom stereocenters. The number of ether oxygens (including phenoxy) is 3. The van der Waals surface area contributed by atoms with Gasteiger partial charge in [-0.3, -0.25) is 0 Å². The van der Waals surface area contributed by atoms with Crippen LogP contribution >= 0.6 is 0 Å². The van der Waals surface area contributed by atoms with Gasteiger partial charge in [0.25, 0.3) is 0 Å². The van der Waals surface area contributed by atoms with E-state index >= 15 is 0 Å². The number of esters is 1. The smallest absolute Gasteiger partial charge is 0.461 e. The van der Waals surface area contributed by atoms with Crippen LogP contribution in [0.5, 0.6) is 11.5 Å². The summed E-state index contributed by atoms with van der Waals surface area (Å²) < 4.78 is 15.1. The molecule has 2 aromatic carbocycles. The molecule has 0 aliphatic heterocycles. The Morgan fingerprint density at radius 1 is 1.14 bits per heavy atom. The van der Waals surface area contributed by atoms with Gasteiger partial charge in [0.15, 0.2) is 0 Å². The third-order valence-corrected chi connectivity index (χ3v) is 3.56. The molecule has 2 aromatic rings. The molecule has 0 fully saturated rings. The van der Waals surface area contributed by atoms with Gasteiger partial charge in [-0.2, -0.15) is 0 Å². The molecule has 0 saturated heterocycles. The maximum absolute atomic E-state index is 11.7. The highest BCUT2D eigenvalue weighted by atomic mass is 16.6. The van der Waals surface area contributed by atoms with Gasteiger partial charge in [-0.15, -0.1) is 0 Å². The Bertz CT molecular complexity index is 840. The van der Waals surface area contributed by atoms with E-state index in [1.165, 1.54) is 36.4 Å². The van der Waals surface area contributed by atoms with Gasteiger partial charge in [0, 0.05) is 11.6 Å². The fourth-order valence-electron chi connectivity index (χ4n) is 2.15. The average Bonchev–Trinajstić information content (AvgIpc) is 2.71. The van der Waals surface area contributed by atoms with Crippen LogP contribution in [-0.2, 0) is 9.53 Å². The van der Waals surface area contributed by atoms with Crippen molar-refractivity contribution in [3.05, 3.63) is 66.7 Å². The van der Waals surface area contributed by atoms with Crippen molar-refractivity contribution in [2.75, 3.05) is 13.2 Å². The number of hydrogen-bond acceptors (Lipinski definition) is 8. The molecule has 0 saturated carbocycles. The second-order valence-corrected chi connectivity index (χ2v) is 5.67. The van der Waals surface area contributed by atoms with Crippen LogP contribution in [0.25, 0.3) is 0 Å². The zero-order valence-electron chi connectivity index (χ0n) is 15.4. The first-order valence-electron chi connectivity index (χ1n) is 8.54. The zero-order valence-corrected chi connectivity index (χ0v) is 15.4. The summed E-state index contributed by atoms with van der Waals surface area (Å²) in [4.78, 5) is 22.5. The minimum Gasteiger partial charge on any atom is -0.461 e. The number of aliphatic hydroxyl groups is 1. The second kappa shape index (κ2) is 10.9. The Labute approximate surface area is 167 Å². The van der Waals surface area contributed by atoms with Crippen molar-refractivity contribution in [2.24, 2.45) is 0 Å². The number of amides is 1. The number of benzene rings is 2. The normalized spacial score (nSPS) is 11.1. The molecule has 0 radical (unpaired) electrons. The lowest BCUT2D eigenvalue weighted by molar-refractivity contribution is -0.137. The van der Waals surface area contributed by atoms with Gasteiger partial charge < -0.3 is 34.7 Å². The van der Waals surface area contributed by atoms with Crippen molar-refractivity contribution in [3.63, 3.8) is 0 Å². The van der Waals surface area contributed by atoms with Gasteiger partial charge in [-0.1, -0.05) is 18.7 Å². The van der Waals surface area contributed by atoms with Gasteiger partial charge in [-0.05, 0) is 41.9 Å². The number of nitrogens with one attached hydrogen (secondary N) is 1. The van der Waals surface area contributed by atoms with Crippen LogP contribution in [0.15, 0.2) is 61.2 Å². The van der Waals surface area contributed by atoms with Crippen LogP contribution in [0.2, 0.25) is 0 Å². The van der Waals surface area contributed by atoms with Crippen molar-refractivity contribution < 1.29 is 39.0 Å². The first-order chi connectivity index (χ1) is 13.9. The minimum atomic E-state index is -1.65. The molecule has 9 nitrogen and oxygen atoms in total. The van der Waals surface area contributed by atoms with E-state index < -0.39 is 25.5 Å². The van der Waals surface area contributed by atoms with Crippen LogP contribution in [0.3, 0.4) is 0 Å². The number of carbonyl (C=O) groups excluding carboxylic acids is 2. The van der Waals surface area contributed by atoms with Crippen LogP contribution in [0, 0.1) is 0 Å². The largest absolute Gasteiger partial charge is 0.488 e. The second-order valence-electron chi connectivity index (χ2n) is 5.67. The Morgan fingerprint density at radius 3 is 2.52 bits per heavy atom. The molecular weight excluding hydrogens is 381 g/mol. The SMILES string of the molecule is C=CC(=O)OCCNC(=O)Oc1ccc([C@@H](O)Oc2cccc(B(O)O)c2)cc1. The quantitative estimate of drug-likeness (QED) is 0.155. The Balaban J connectivity index is 1.84. The van der Waals surface area contributed by atoms with Gasteiger partial charge in [-0.25, -0.2) is 9.59 Å². The van der Waals surface area contributed by atoms with Crippen molar-refractivity contribution in [1.29, 1.82) is 0 Å². The molecule has 0 aliphatic rings. The van der Waals surface area contributed by atoms with E-state index in [2.05, 4.69) is 11.9 Å². The fraction of sp³-hybridized carbons (Fsp3) is 0.158. The highest BCUT2D eigenvalue weighted by molar-refractivity contribution is 6.58. The maximum atomic E-state index is 11.7. The summed E-state index contributed by atoms with van der Waals surface area (Å²) in [6.45, 7) is 3.31. The van der Waals surface area contributed by atoms with Crippen LogP contribution in [-0.4, -0.2) is 47.5 Å². The topological polar surface area (TPSA) is 135 Å². The first kappa shape index (κ1) is 22.0. The maximum Gasteiger partial charge on any atom is 0.488 e. The Morgan fingerprint density at radius 2 is 1.86 bits per heavy atom. The summed E-state index contributed by atoms with van der Waals surface area (Å²) in [6, 6.07) is 12.0. The molecule has 1 atom stereocenters. The average molecular weight is 401 g/mol. The number of hydrogen-bond donors (Lipinski definition) is 4. The fourth-order valence-corrected chi connectivity index (χ4v) is 2.15. The predicted molar refractivity (Wildman–Crippen MR) is 103 cm³/mol. The molecule has 152 valence electrons. The first-order valence-corrected chi connectivity index (χ1v) is 8.54. The monoisotopic (exact) mass is 401 g/mol. The predicted octanol–water partition coefficient (Wildman–Crippen LogP) is 0.254. The number of aliphatic hydroxyl groups excluding tert-OH is 1. The van der Waals surface area contributed by atoms with Crippen molar-refractivity contribution >= 4 is 24.6 Å². The Kier molecular flexibility index (Phi) is 8.22. The van der Waals surface area contributed by atoms with E-state index in [0.717, 1.165) is 6.08 Å².